The summed E-state index contributed by atoms with van der Waals surface area (Å²) in [6.45, 7) is 1.79. The van der Waals surface area contributed by atoms with Gasteiger partial charge >= 0.3 is 6.18 Å². The Hall–Kier alpha value is -1.03. The van der Waals surface area contributed by atoms with Gasteiger partial charge in [-0.05, 0) is 18.1 Å². The zero-order valence-electron chi connectivity index (χ0n) is 7.81. The molecule has 0 heterocycles. The Morgan fingerprint density at radius 2 is 1.71 bits per heavy atom. The molecule has 0 aliphatic carbocycles. The van der Waals surface area contributed by atoms with Crippen LogP contribution in [0.15, 0.2) is 24.3 Å². The van der Waals surface area contributed by atoms with E-state index in [9.17, 15) is 13.2 Å². The van der Waals surface area contributed by atoms with E-state index in [4.69, 9.17) is 5.73 Å². The van der Waals surface area contributed by atoms with Crippen LogP contribution < -0.4 is 5.73 Å². The lowest BCUT2D eigenvalue weighted by Crippen LogP contribution is -2.11. The van der Waals surface area contributed by atoms with Gasteiger partial charge in [0, 0.05) is 6.04 Å². The van der Waals surface area contributed by atoms with Crippen molar-refractivity contribution in [1.29, 1.82) is 0 Å². The highest BCUT2D eigenvalue weighted by molar-refractivity contribution is 5.24. The second kappa shape index (κ2) is 4.00. The third-order valence-corrected chi connectivity index (χ3v) is 1.91. The lowest BCUT2D eigenvalue weighted by Gasteiger charge is -2.08. The van der Waals surface area contributed by atoms with Crippen molar-refractivity contribution < 1.29 is 13.2 Å². The van der Waals surface area contributed by atoms with Crippen LogP contribution in [0.1, 0.15) is 24.1 Å². The van der Waals surface area contributed by atoms with Crippen molar-refractivity contribution in [3.05, 3.63) is 35.4 Å². The summed E-state index contributed by atoms with van der Waals surface area (Å²) < 4.78 is 35.9. The van der Waals surface area contributed by atoms with Gasteiger partial charge in [0.25, 0.3) is 0 Å². The summed E-state index contributed by atoms with van der Waals surface area (Å²) in [5, 5.41) is 0. The molecule has 0 amide bonds. The Bertz CT molecular complexity index is 287. The smallest absolute Gasteiger partial charge is 0.324 e. The molecule has 0 bridgehead atoms. The van der Waals surface area contributed by atoms with Crippen LogP contribution in [0.5, 0.6) is 0 Å². The van der Waals surface area contributed by atoms with Gasteiger partial charge in [-0.15, -0.1) is 0 Å². The molecule has 0 aromatic heterocycles. The predicted octanol–water partition coefficient (Wildman–Crippen LogP) is 2.81. The first-order chi connectivity index (χ1) is 6.38. The Balaban J connectivity index is 2.74. The molecule has 0 spiro atoms. The molecule has 14 heavy (non-hydrogen) atoms. The Morgan fingerprint density at radius 1 is 1.21 bits per heavy atom. The number of nitrogens with two attached hydrogens (primary N) is 1. The maximum atomic E-state index is 12.0. The van der Waals surface area contributed by atoms with E-state index in [-0.39, 0.29) is 11.6 Å². The zero-order valence-corrected chi connectivity index (χ0v) is 7.81. The van der Waals surface area contributed by atoms with Crippen LogP contribution in [0.3, 0.4) is 0 Å². The summed E-state index contributed by atoms with van der Waals surface area (Å²) in [5.74, 6) is 0. The van der Waals surface area contributed by atoms with Gasteiger partial charge in [-0.25, -0.2) is 0 Å². The second-order valence-corrected chi connectivity index (χ2v) is 3.32. The van der Waals surface area contributed by atoms with Gasteiger partial charge < -0.3 is 5.73 Å². The fourth-order valence-corrected chi connectivity index (χ4v) is 1.17. The zero-order chi connectivity index (χ0) is 10.8. The first kappa shape index (κ1) is 11.0. The quantitative estimate of drug-likeness (QED) is 0.785. The standard InChI is InChI=1S/C10H12F3N/c1-7(14)9-4-2-8(3-5-9)6-10(11,12)13/h2-5,7H,6,14H2,1H3. The molecule has 1 nitrogen and oxygen atoms in total. The van der Waals surface area contributed by atoms with E-state index >= 15 is 0 Å². The molecule has 0 radical (unpaired) electrons. The minimum Gasteiger partial charge on any atom is -0.324 e. The monoisotopic (exact) mass is 203 g/mol. The summed E-state index contributed by atoms with van der Waals surface area (Å²) >= 11 is 0. The molecule has 1 unspecified atom stereocenters. The summed E-state index contributed by atoms with van der Waals surface area (Å²) in [6.07, 6.45) is -5.03. The highest BCUT2D eigenvalue weighted by atomic mass is 19.4. The van der Waals surface area contributed by atoms with E-state index in [2.05, 4.69) is 0 Å². The van der Waals surface area contributed by atoms with E-state index in [1.165, 1.54) is 12.1 Å². The average molecular weight is 203 g/mol. The summed E-state index contributed by atoms with van der Waals surface area (Å²) in [4.78, 5) is 0. The van der Waals surface area contributed by atoms with Crippen LogP contribution in [-0.4, -0.2) is 6.18 Å². The van der Waals surface area contributed by atoms with E-state index in [1.807, 2.05) is 0 Å². The van der Waals surface area contributed by atoms with Gasteiger partial charge in [-0.1, -0.05) is 24.3 Å². The molecule has 0 aliphatic heterocycles. The molecule has 1 aromatic carbocycles. The Labute approximate surface area is 80.7 Å². The van der Waals surface area contributed by atoms with Crippen LogP contribution in [0, 0.1) is 0 Å². The summed E-state index contributed by atoms with van der Waals surface area (Å²) in [6, 6.07) is 6.05. The van der Waals surface area contributed by atoms with Crippen molar-refractivity contribution in [3.63, 3.8) is 0 Å². The molecule has 1 aromatic rings. The number of rotatable bonds is 2. The molecule has 0 saturated carbocycles. The fraction of sp³-hybridized carbons (Fsp3) is 0.400. The van der Waals surface area contributed by atoms with Gasteiger partial charge in [0.2, 0.25) is 0 Å². The predicted molar refractivity (Wildman–Crippen MR) is 48.8 cm³/mol. The molecule has 78 valence electrons. The van der Waals surface area contributed by atoms with E-state index in [1.54, 1.807) is 19.1 Å². The van der Waals surface area contributed by atoms with Crippen molar-refractivity contribution in [1.82, 2.24) is 0 Å². The molecule has 0 saturated heterocycles. The van der Waals surface area contributed by atoms with Crippen LogP contribution in [-0.2, 0) is 6.42 Å². The number of halogens is 3. The van der Waals surface area contributed by atoms with Gasteiger partial charge in [-0.3, -0.25) is 0 Å². The van der Waals surface area contributed by atoms with E-state index < -0.39 is 12.6 Å². The first-order valence-electron chi connectivity index (χ1n) is 4.29. The first-order valence-corrected chi connectivity index (χ1v) is 4.29. The maximum absolute atomic E-state index is 12.0. The highest BCUT2D eigenvalue weighted by Gasteiger charge is 2.27. The lowest BCUT2D eigenvalue weighted by molar-refractivity contribution is -0.127. The minimum absolute atomic E-state index is 0.144. The van der Waals surface area contributed by atoms with Crippen LogP contribution in [0.2, 0.25) is 0 Å². The topological polar surface area (TPSA) is 26.0 Å². The van der Waals surface area contributed by atoms with Crippen LogP contribution >= 0.6 is 0 Å². The molecule has 0 aliphatic rings. The van der Waals surface area contributed by atoms with Gasteiger partial charge in [0.05, 0.1) is 6.42 Å². The molecular formula is C10H12F3N. The van der Waals surface area contributed by atoms with E-state index in [0.717, 1.165) is 5.56 Å². The molecule has 2 N–H and O–H groups in total. The Kier molecular flexibility index (Phi) is 3.16. The van der Waals surface area contributed by atoms with Crippen molar-refractivity contribution in [3.8, 4) is 0 Å². The SMILES string of the molecule is CC(N)c1ccc(CC(F)(F)F)cc1. The number of alkyl halides is 3. The van der Waals surface area contributed by atoms with Gasteiger partial charge in [0.1, 0.15) is 0 Å². The number of hydrogen-bond acceptors (Lipinski definition) is 1. The number of hydrogen-bond donors (Lipinski definition) is 1. The summed E-state index contributed by atoms with van der Waals surface area (Å²) in [7, 11) is 0. The van der Waals surface area contributed by atoms with Gasteiger partial charge in [0.15, 0.2) is 0 Å². The maximum Gasteiger partial charge on any atom is 0.393 e. The third kappa shape index (κ3) is 3.38. The fourth-order valence-electron chi connectivity index (χ4n) is 1.17. The molecule has 1 atom stereocenters. The van der Waals surface area contributed by atoms with Crippen molar-refractivity contribution in [2.45, 2.75) is 25.6 Å². The number of benzene rings is 1. The molecule has 1 rings (SSSR count). The highest BCUT2D eigenvalue weighted by Crippen LogP contribution is 2.22. The molecular weight excluding hydrogens is 191 g/mol. The van der Waals surface area contributed by atoms with Crippen LogP contribution in [0.4, 0.5) is 13.2 Å². The normalized spacial score (nSPS) is 14.1. The summed E-state index contributed by atoms with van der Waals surface area (Å²) in [5.41, 5.74) is 6.68. The second-order valence-electron chi connectivity index (χ2n) is 3.32. The van der Waals surface area contributed by atoms with Crippen molar-refractivity contribution >= 4 is 0 Å². The largest absolute Gasteiger partial charge is 0.393 e. The molecule has 4 heteroatoms. The van der Waals surface area contributed by atoms with Gasteiger partial charge in [-0.2, -0.15) is 13.2 Å². The Morgan fingerprint density at radius 3 is 2.07 bits per heavy atom. The van der Waals surface area contributed by atoms with E-state index in [0.29, 0.717) is 0 Å². The van der Waals surface area contributed by atoms with Crippen LogP contribution in [0.25, 0.3) is 0 Å². The molecule has 0 fully saturated rings. The van der Waals surface area contributed by atoms with Crippen molar-refractivity contribution in [2.75, 3.05) is 0 Å². The lowest BCUT2D eigenvalue weighted by atomic mass is 10.1. The minimum atomic E-state index is -4.14. The van der Waals surface area contributed by atoms with Crippen molar-refractivity contribution in [2.24, 2.45) is 5.73 Å². The average Bonchev–Trinajstić information content (AvgIpc) is 2.02. The third-order valence-electron chi connectivity index (χ3n) is 1.91.